The van der Waals surface area contributed by atoms with Crippen molar-refractivity contribution in [2.24, 2.45) is 0 Å². The number of methoxy groups -OCH3 is 1. The summed E-state index contributed by atoms with van der Waals surface area (Å²) in [5.41, 5.74) is 2.85. The quantitative estimate of drug-likeness (QED) is 0.890. The molecule has 2 N–H and O–H groups in total. The van der Waals surface area contributed by atoms with Crippen LogP contribution < -0.4 is 10.1 Å². The molecule has 0 bridgehead atoms. The number of hydrogen-bond donors (Lipinski definition) is 2. The molecule has 2 aliphatic rings. The third-order valence-electron chi connectivity index (χ3n) is 4.82. The van der Waals surface area contributed by atoms with Gasteiger partial charge in [-0.3, -0.25) is 0 Å². The molecule has 0 aromatic heterocycles. The summed E-state index contributed by atoms with van der Waals surface area (Å²) in [6.07, 6.45) is 7.67. The lowest BCUT2D eigenvalue weighted by Gasteiger charge is -2.34. The summed E-state index contributed by atoms with van der Waals surface area (Å²) in [5, 5.41) is 13.8. The molecule has 0 spiro atoms. The first-order valence-electron chi connectivity index (χ1n) is 7.86. The zero-order chi connectivity index (χ0) is 13.9. The molecule has 2 aliphatic carbocycles. The van der Waals surface area contributed by atoms with E-state index in [4.69, 9.17) is 4.74 Å². The summed E-state index contributed by atoms with van der Waals surface area (Å²) in [4.78, 5) is 0. The van der Waals surface area contributed by atoms with Crippen molar-refractivity contribution in [1.29, 1.82) is 0 Å². The van der Waals surface area contributed by atoms with Crippen molar-refractivity contribution >= 4 is 0 Å². The van der Waals surface area contributed by atoms with Crippen LogP contribution in [0.3, 0.4) is 0 Å². The lowest BCUT2D eigenvalue weighted by Crippen LogP contribution is -2.48. The molecule has 3 unspecified atom stereocenters. The van der Waals surface area contributed by atoms with Crippen LogP contribution in [0.5, 0.6) is 5.75 Å². The van der Waals surface area contributed by atoms with Gasteiger partial charge in [-0.25, -0.2) is 0 Å². The van der Waals surface area contributed by atoms with Gasteiger partial charge in [0.1, 0.15) is 5.75 Å². The molecule has 0 amide bonds. The van der Waals surface area contributed by atoms with Gasteiger partial charge in [0.25, 0.3) is 0 Å². The maximum atomic E-state index is 10.1. The van der Waals surface area contributed by atoms with Crippen LogP contribution in [0.2, 0.25) is 0 Å². The largest absolute Gasteiger partial charge is 0.497 e. The lowest BCUT2D eigenvalue weighted by atomic mass is 9.86. The maximum Gasteiger partial charge on any atom is 0.119 e. The number of nitrogens with one attached hydrogen (secondary N) is 1. The number of aryl methyl sites for hydroxylation is 1. The van der Waals surface area contributed by atoms with E-state index in [2.05, 4.69) is 23.5 Å². The molecule has 1 fully saturated rings. The predicted molar refractivity (Wildman–Crippen MR) is 80.2 cm³/mol. The van der Waals surface area contributed by atoms with Crippen LogP contribution in [0.25, 0.3) is 0 Å². The van der Waals surface area contributed by atoms with Gasteiger partial charge in [0.05, 0.1) is 13.2 Å². The highest BCUT2D eigenvalue weighted by molar-refractivity contribution is 5.37. The van der Waals surface area contributed by atoms with Crippen LogP contribution in [0.1, 0.15) is 43.2 Å². The highest BCUT2D eigenvalue weighted by Crippen LogP contribution is 2.27. The van der Waals surface area contributed by atoms with Crippen molar-refractivity contribution in [3.8, 4) is 5.75 Å². The molecule has 1 saturated carbocycles. The number of ether oxygens (including phenoxy) is 1. The van der Waals surface area contributed by atoms with Crippen molar-refractivity contribution in [1.82, 2.24) is 5.32 Å². The summed E-state index contributed by atoms with van der Waals surface area (Å²) >= 11 is 0. The molecule has 0 saturated heterocycles. The van der Waals surface area contributed by atoms with Gasteiger partial charge in [-0.1, -0.05) is 18.9 Å². The molecule has 20 heavy (non-hydrogen) atoms. The highest BCUT2D eigenvalue weighted by atomic mass is 16.5. The summed E-state index contributed by atoms with van der Waals surface area (Å²) in [6, 6.07) is 7.20. The molecule has 0 heterocycles. The monoisotopic (exact) mass is 275 g/mol. The van der Waals surface area contributed by atoms with Gasteiger partial charge < -0.3 is 15.2 Å². The summed E-state index contributed by atoms with van der Waals surface area (Å²) in [5.74, 6) is 0.946. The molecule has 3 atom stereocenters. The molecule has 0 aliphatic heterocycles. The molecule has 1 aromatic rings. The second kappa shape index (κ2) is 6.15. The van der Waals surface area contributed by atoms with Crippen molar-refractivity contribution in [3.05, 3.63) is 29.3 Å². The highest BCUT2D eigenvalue weighted by Gasteiger charge is 2.27. The minimum absolute atomic E-state index is 0.157. The molecular weight excluding hydrogens is 250 g/mol. The zero-order valence-corrected chi connectivity index (χ0v) is 12.3. The topological polar surface area (TPSA) is 41.5 Å². The average Bonchev–Trinajstić information content (AvgIpc) is 2.49. The lowest BCUT2D eigenvalue weighted by molar-refractivity contribution is 0.0837. The number of aliphatic hydroxyl groups excluding tert-OH is 1. The summed E-state index contributed by atoms with van der Waals surface area (Å²) in [6.45, 7) is 0. The van der Waals surface area contributed by atoms with Gasteiger partial charge in [-0.2, -0.15) is 0 Å². The number of hydrogen-bond acceptors (Lipinski definition) is 3. The van der Waals surface area contributed by atoms with Crippen LogP contribution in [0.15, 0.2) is 18.2 Å². The molecule has 3 nitrogen and oxygen atoms in total. The fraction of sp³-hybridized carbons (Fsp3) is 0.647. The van der Waals surface area contributed by atoms with Crippen LogP contribution in [-0.2, 0) is 12.8 Å². The Morgan fingerprint density at radius 1 is 1.15 bits per heavy atom. The van der Waals surface area contributed by atoms with E-state index in [-0.39, 0.29) is 6.10 Å². The van der Waals surface area contributed by atoms with Gasteiger partial charge >= 0.3 is 0 Å². The number of benzene rings is 1. The smallest absolute Gasteiger partial charge is 0.119 e. The molecule has 3 rings (SSSR count). The zero-order valence-electron chi connectivity index (χ0n) is 12.3. The van der Waals surface area contributed by atoms with Gasteiger partial charge in [-0.15, -0.1) is 0 Å². The van der Waals surface area contributed by atoms with E-state index in [1.165, 1.54) is 30.4 Å². The Kier molecular flexibility index (Phi) is 4.27. The molecule has 1 aromatic carbocycles. The third-order valence-corrected chi connectivity index (χ3v) is 4.82. The number of fused-ring (bicyclic) bond motifs is 1. The van der Waals surface area contributed by atoms with E-state index in [0.29, 0.717) is 12.1 Å². The van der Waals surface area contributed by atoms with Crippen molar-refractivity contribution in [3.63, 3.8) is 0 Å². The number of aliphatic hydroxyl groups is 1. The van der Waals surface area contributed by atoms with Gasteiger partial charge in [-0.05, 0) is 55.4 Å². The van der Waals surface area contributed by atoms with Crippen molar-refractivity contribution in [2.45, 2.75) is 63.1 Å². The average molecular weight is 275 g/mol. The Labute approximate surface area is 121 Å². The van der Waals surface area contributed by atoms with E-state index in [1.807, 2.05) is 0 Å². The minimum Gasteiger partial charge on any atom is -0.497 e. The molecule has 3 heteroatoms. The predicted octanol–water partition coefficient (Wildman–Crippen LogP) is 2.45. The van der Waals surface area contributed by atoms with Crippen LogP contribution in [0, 0.1) is 0 Å². The SMILES string of the molecule is COc1ccc2c(c1)CC(NC1CCCCC1O)CC2. The Bertz CT molecular complexity index is 460. The van der Waals surface area contributed by atoms with Crippen molar-refractivity contribution < 1.29 is 9.84 Å². The normalized spacial score (nSPS) is 29.8. The second-order valence-corrected chi connectivity index (χ2v) is 6.20. The summed E-state index contributed by atoms with van der Waals surface area (Å²) in [7, 11) is 1.72. The number of rotatable bonds is 3. The Morgan fingerprint density at radius 3 is 2.80 bits per heavy atom. The van der Waals surface area contributed by atoms with E-state index < -0.39 is 0 Å². The Morgan fingerprint density at radius 2 is 2.00 bits per heavy atom. The van der Waals surface area contributed by atoms with Gasteiger partial charge in [0.2, 0.25) is 0 Å². The van der Waals surface area contributed by atoms with E-state index in [9.17, 15) is 5.11 Å². The van der Waals surface area contributed by atoms with Crippen molar-refractivity contribution in [2.75, 3.05) is 7.11 Å². The van der Waals surface area contributed by atoms with E-state index in [1.54, 1.807) is 7.11 Å². The first-order valence-corrected chi connectivity index (χ1v) is 7.86. The fourth-order valence-corrected chi connectivity index (χ4v) is 3.61. The minimum atomic E-state index is -0.157. The maximum absolute atomic E-state index is 10.1. The van der Waals surface area contributed by atoms with E-state index in [0.717, 1.165) is 31.4 Å². The van der Waals surface area contributed by atoms with E-state index >= 15 is 0 Å². The van der Waals surface area contributed by atoms with Gasteiger partial charge in [0, 0.05) is 12.1 Å². The molecule has 0 radical (unpaired) electrons. The van der Waals surface area contributed by atoms with Crippen LogP contribution in [0.4, 0.5) is 0 Å². The third kappa shape index (κ3) is 2.99. The molecular formula is C17H25NO2. The van der Waals surface area contributed by atoms with Crippen LogP contribution in [-0.4, -0.2) is 30.4 Å². The molecule has 110 valence electrons. The summed E-state index contributed by atoms with van der Waals surface area (Å²) < 4.78 is 5.32. The van der Waals surface area contributed by atoms with Crippen LogP contribution >= 0.6 is 0 Å². The van der Waals surface area contributed by atoms with Gasteiger partial charge in [0.15, 0.2) is 0 Å². The Hall–Kier alpha value is -1.06. The first-order chi connectivity index (χ1) is 9.76. The fourth-order valence-electron chi connectivity index (χ4n) is 3.61. The standard InChI is InChI=1S/C17H25NO2/c1-20-15-9-7-12-6-8-14(10-13(12)11-15)18-16-4-2-3-5-17(16)19/h7,9,11,14,16-19H,2-6,8,10H2,1H3. The second-order valence-electron chi connectivity index (χ2n) is 6.20. The first kappa shape index (κ1) is 13.9. The Balaban J connectivity index is 1.65.